The molecule has 0 aromatic rings. The summed E-state index contributed by atoms with van der Waals surface area (Å²) in [6, 6.07) is 0. The van der Waals surface area contributed by atoms with Gasteiger partial charge in [0.15, 0.2) is 0 Å². The third kappa shape index (κ3) is 3.98. The first-order valence-corrected chi connectivity index (χ1v) is 7.74. The van der Waals surface area contributed by atoms with Gasteiger partial charge in [0.1, 0.15) is 0 Å². The molecular weight excluding hydrogens is 206 g/mol. The van der Waals surface area contributed by atoms with Crippen molar-refractivity contribution in [1.29, 1.82) is 0 Å². The second-order valence-corrected chi connectivity index (χ2v) is 7.67. The first kappa shape index (κ1) is 13.4. The van der Waals surface area contributed by atoms with E-state index in [1.165, 1.54) is 64.3 Å². The quantitative estimate of drug-likeness (QED) is 0.758. The summed E-state index contributed by atoms with van der Waals surface area (Å²) >= 11 is 0. The molecule has 2 rings (SSSR count). The van der Waals surface area contributed by atoms with Crippen LogP contribution in [0, 0.1) is 11.3 Å². The van der Waals surface area contributed by atoms with E-state index in [1.807, 2.05) is 0 Å². The minimum absolute atomic E-state index is 0.283. The highest BCUT2D eigenvalue weighted by atomic mass is 15.0. The molecule has 17 heavy (non-hydrogen) atoms. The molecule has 2 fully saturated rings. The van der Waals surface area contributed by atoms with Gasteiger partial charge < -0.3 is 5.32 Å². The van der Waals surface area contributed by atoms with E-state index in [1.54, 1.807) is 0 Å². The summed E-state index contributed by atoms with van der Waals surface area (Å²) in [6.45, 7) is 8.15. The zero-order valence-corrected chi connectivity index (χ0v) is 12.1. The molecule has 1 N–H and O–H groups in total. The lowest BCUT2D eigenvalue weighted by Gasteiger charge is -2.35. The molecule has 1 heteroatoms. The second kappa shape index (κ2) is 5.30. The van der Waals surface area contributed by atoms with Crippen LogP contribution in [0.15, 0.2) is 0 Å². The number of hydrogen-bond acceptors (Lipinski definition) is 1. The van der Waals surface area contributed by atoms with Crippen LogP contribution in [0.25, 0.3) is 0 Å². The minimum atomic E-state index is 0.283. The van der Waals surface area contributed by atoms with Crippen molar-refractivity contribution in [2.24, 2.45) is 11.3 Å². The summed E-state index contributed by atoms with van der Waals surface area (Å²) < 4.78 is 0. The van der Waals surface area contributed by atoms with Gasteiger partial charge in [0.05, 0.1) is 0 Å². The molecule has 0 heterocycles. The van der Waals surface area contributed by atoms with Crippen molar-refractivity contribution in [3.8, 4) is 0 Å². The van der Waals surface area contributed by atoms with Crippen molar-refractivity contribution in [2.75, 3.05) is 6.54 Å². The highest BCUT2D eigenvalue weighted by Gasteiger charge is 2.37. The first-order chi connectivity index (χ1) is 7.99. The Morgan fingerprint density at radius 3 is 2.12 bits per heavy atom. The molecular formula is C16H31N. The smallest absolute Gasteiger partial charge is 0.00967 e. The third-order valence-electron chi connectivity index (χ3n) is 4.85. The van der Waals surface area contributed by atoms with Gasteiger partial charge in [-0.25, -0.2) is 0 Å². The molecule has 0 amide bonds. The average molecular weight is 237 g/mol. The molecule has 0 radical (unpaired) electrons. The Morgan fingerprint density at radius 2 is 1.59 bits per heavy atom. The Balaban J connectivity index is 1.89. The average Bonchev–Trinajstić information content (AvgIpc) is 2.87. The van der Waals surface area contributed by atoms with Crippen LogP contribution in [0.2, 0.25) is 0 Å². The Hall–Kier alpha value is -0.0400. The van der Waals surface area contributed by atoms with Gasteiger partial charge in [-0.2, -0.15) is 0 Å². The van der Waals surface area contributed by atoms with Crippen LogP contribution in [-0.2, 0) is 0 Å². The van der Waals surface area contributed by atoms with Gasteiger partial charge in [-0.1, -0.05) is 38.5 Å². The van der Waals surface area contributed by atoms with Crippen molar-refractivity contribution in [3.63, 3.8) is 0 Å². The largest absolute Gasteiger partial charge is 0.312 e. The van der Waals surface area contributed by atoms with Crippen LogP contribution >= 0.6 is 0 Å². The van der Waals surface area contributed by atoms with E-state index in [0.717, 1.165) is 5.92 Å². The lowest BCUT2D eigenvalue weighted by molar-refractivity contribution is 0.193. The Bertz CT molecular complexity index is 226. The Kier molecular flexibility index (Phi) is 4.18. The molecule has 0 aromatic carbocycles. The molecule has 0 spiro atoms. The van der Waals surface area contributed by atoms with Gasteiger partial charge in [-0.05, 0) is 51.4 Å². The van der Waals surface area contributed by atoms with Crippen molar-refractivity contribution >= 4 is 0 Å². The SMILES string of the molecule is CC(C)(C)NCC1(CC2CCCC2)CCCC1. The summed E-state index contributed by atoms with van der Waals surface area (Å²) in [6.07, 6.45) is 13.4. The van der Waals surface area contributed by atoms with Crippen molar-refractivity contribution < 1.29 is 0 Å². The van der Waals surface area contributed by atoms with Gasteiger partial charge in [-0.3, -0.25) is 0 Å². The maximum atomic E-state index is 3.78. The molecule has 0 bridgehead atoms. The molecule has 0 unspecified atom stereocenters. The second-order valence-electron chi connectivity index (χ2n) is 7.67. The number of nitrogens with one attached hydrogen (secondary N) is 1. The Labute approximate surface area is 108 Å². The predicted molar refractivity (Wildman–Crippen MR) is 75.2 cm³/mol. The third-order valence-corrected chi connectivity index (χ3v) is 4.85. The van der Waals surface area contributed by atoms with E-state index in [9.17, 15) is 0 Å². The standard InChI is InChI=1S/C16H31N/c1-15(2,3)17-13-16(10-6-7-11-16)12-14-8-4-5-9-14/h14,17H,4-13H2,1-3H3. The number of rotatable bonds is 4. The summed E-state index contributed by atoms with van der Waals surface area (Å²) in [5.74, 6) is 1.05. The van der Waals surface area contributed by atoms with Gasteiger partial charge in [0, 0.05) is 12.1 Å². The van der Waals surface area contributed by atoms with E-state index in [2.05, 4.69) is 26.1 Å². The van der Waals surface area contributed by atoms with Crippen LogP contribution in [0.1, 0.15) is 78.6 Å². The first-order valence-electron chi connectivity index (χ1n) is 7.74. The van der Waals surface area contributed by atoms with Crippen LogP contribution in [-0.4, -0.2) is 12.1 Å². The zero-order valence-electron chi connectivity index (χ0n) is 12.1. The fourth-order valence-electron chi connectivity index (χ4n) is 3.86. The molecule has 0 saturated heterocycles. The van der Waals surface area contributed by atoms with Gasteiger partial charge in [0.2, 0.25) is 0 Å². The summed E-state index contributed by atoms with van der Waals surface area (Å²) in [5.41, 5.74) is 0.938. The minimum Gasteiger partial charge on any atom is -0.312 e. The van der Waals surface area contributed by atoms with Crippen LogP contribution in [0.3, 0.4) is 0 Å². The molecule has 2 aliphatic rings. The normalized spacial score (nSPS) is 25.6. The van der Waals surface area contributed by atoms with Crippen LogP contribution in [0.4, 0.5) is 0 Å². The topological polar surface area (TPSA) is 12.0 Å². The van der Waals surface area contributed by atoms with E-state index in [-0.39, 0.29) is 5.54 Å². The summed E-state index contributed by atoms with van der Waals surface area (Å²) in [4.78, 5) is 0. The predicted octanol–water partition coefficient (Wildman–Crippen LogP) is 4.52. The fourth-order valence-corrected chi connectivity index (χ4v) is 3.86. The van der Waals surface area contributed by atoms with Crippen molar-refractivity contribution in [3.05, 3.63) is 0 Å². The van der Waals surface area contributed by atoms with Gasteiger partial charge in [0.25, 0.3) is 0 Å². The monoisotopic (exact) mass is 237 g/mol. The van der Waals surface area contributed by atoms with Crippen molar-refractivity contribution in [2.45, 2.75) is 84.1 Å². The summed E-state index contributed by atoms with van der Waals surface area (Å²) in [5, 5.41) is 3.78. The molecule has 2 saturated carbocycles. The van der Waals surface area contributed by atoms with Crippen molar-refractivity contribution in [1.82, 2.24) is 5.32 Å². The van der Waals surface area contributed by atoms with Crippen LogP contribution in [0.5, 0.6) is 0 Å². The van der Waals surface area contributed by atoms with E-state index in [4.69, 9.17) is 0 Å². The Morgan fingerprint density at radius 1 is 1.00 bits per heavy atom. The molecule has 2 aliphatic carbocycles. The molecule has 0 aliphatic heterocycles. The maximum Gasteiger partial charge on any atom is 0.00967 e. The fraction of sp³-hybridized carbons (Fsp3) is 1.00. The molecule has 100 valence electrons. The lowest BCUT2D eigenvalue weighted by Crippen LogP contribution is -2.43. The van der Waals surface area contributed by atoms with Gasteiger partial charge in [-0.15, -0.1) is 0 Å². The molecule has 0 atom stereocenters. The van der Waals surface area contributed by atoms with Gasteiger partial charge >= 0.3 is 0 Å². The number of hydrogen-bond donors (Lipinski definition) is 1. The van der Waals surface area contributed by atoms with E-state index in [0.29, 0.717) is 5.41 Å². The van der Waals surface area contributed by atoms with E-state index < -0.39 is 0 Å². The lowest BCUT2D eigenvalue weighted by atomic mass is 9.76. The maximum absolute atomic E-state index is 3.78. The highest BCUT2D eigenvalue weighted by molar-refractivity contribution is 4.91. The highest BCUT2D eigenvalue weighted by Crippen LogP contribution is 2.46. The van der Waals surface area contributed by atoms with Crippen LogP contribution < -0.4 is 5.32 Å². The molecule has 1 nitrogen and oxygen atoms in total. The zero-order chi connectivity index (χ0) is 12.4. The summed E-state index contributed by atoms with van der Waals surface area (Å²) in [7, 11) is 0. The molecule has 0 aromatic heterocycles. The van der Waals surface area contributed by atoms with E-state index >= 15 is 0 Å².